The zero-order chi connectivity index (χ0) is 19.0. The van der Waals surface area contributed by atoms with Gasteiger partial charge in [-0.3, -0.25) is 0 Å². The van der Waals surface area contributed by atoms with Crippen LogP contribution in [0.5, 0.6) is 11.6 Å². The summed E-state index contributed by atoms with van der Waals surface area (Å²) in [7, 11) is 1.54. The topological polar surface area (TPSA) is 84.8 Å². The van der Waals surface area contributed by atoms with Crippen molar-refractivity contribution in [2.45, 2.75) is 25.9 Å². The van der Waals surface area contributed by atoms with Gasteiger partial charge < -0.3 is 19.5 Å². The van der Waals surface area contributed by atoms with E-state index in [4.69, 9.17) is 21.1 Å². The molecule has 1 saturated heterocycles. The summed E-state index contributed by atoms with van der Waals surface area (Å²) >= 11 is 6.13. The molecule has 1 spiro atoms. The maximum absolute atomic E-state index is 11.5. The SMILES string of the molecule is COc1ccc(COc2nc(N3CCC4(CC4)C3)ncc2C(=O)O)cc1Cl. The molecule has 2 fully saturated rings. The molecule has 142 valence electrons. The molecule has 2 heterocycles. The summed E-state index contributed by atoms with van der Waals surface area (Å²) < 4.78 is 10.9. The van der Waals surface area contributed by atoms with Crippen LogP contribution in [0.3, 0.4) is 0 Å². The molecule has 1 aliphatic heterocycles. The number of anilines is 1. The summed E-state index contributed by atoms with van der Waals surface area (Å²) in [6, 6.07) is 5.27. The highest BCUT2D eigenvalue weighted by Gasteiger charge is 2.48. The summed E-state index contributed by atoms with van der Waals surface area (Å²) in [6.45, 7) is 1.96. The fourth-order valence-corrected chi connectivity index (χ4v) is 3.69. The number of hydrogen-bond acceptors (Lipinski definition) is 6. The van der Waals surface area contributed by atoms with Crippen LogP contribution in [0, 0.1) is 5.41 Å². The summed E-state index contributed by atoms with van der Waals surface area (Å²) in [4.78, 5) is 22.3. The lowest BCUT2D eigenvalue weighted by Crippen LogP contribution is -2.23. The molecule has 8 heteroatoms. The van der Waals surface area contributed by atoms with Gasteiger partial charge >= 0.3 is 5.97 Å². The van der Waals surface area contributed by atoms with E-state index in [9.17, 15) is 9.90 Å². The van der Waals surface area contributed by atoms with Gasteiger partial charge in [0.15, 0.2) is 0 Å². The van der Waals surface area contributed by atoms with Gasteiger partial charge in [0.05, 0.1) is 18.3 Å². The van der Waals surface area contributed by atoms with Crippen molar-refractivity contribution in [1.29, 1.82) is 0 Å². The Morgan fingerprint density at radius 3 is 2.81 bits per heavy atom. The summed E-state index contributed by atoms with van der Waals surface area (Å²) in [5, 5.41) is 9.88. The van der Waals surface area contributed by atoms with Crippen molar-refractivity contribution in [3.63, 3.8) is 0 Å². The molecule has 27 heavy (non-hydrogen) atoms. The number of ether oxygens (including phenoxy) is 2. The molecule has 4 rings (SSSR count). The molecular weight excluding hydrogens is 370 g/mol. The molecule has 2 aromatic rings. The molecule has 0 atom stereocenters. The molecular formula is C19H20ClN3O4. The first-order valence-electron chi connectivity index (χ1n) is 8.80. The third-order valence-corrected chi connectivity index (χ3v) is 5.54. The predicted molar refractivity (Wildman–Crippen MR) is 99.8 cm³/mol. The highest BCUT2D eigenvalue weighted by molar-refractivity contribution is 6.32. The van der Waals surface area contributed by atoms with Crippen LogP contribution in [0.2, 0.25) is 5.02 Å². The first-order chi connectivity index (χ1) is 13.0. The Hall–Kier alpha value is -2.54. The number of hydrogen-bond donors (Lipinski definition) is 1. The van der Waals surface area contributed by atoms with E-state index in [0.29, 0.717) is 22.1 Å². The van der Waals surface area contributed by atoms with Crippen molar-refractivity contribution in [3.8, 4) is 11.6 Å². The Morgan fingerprint density at radius 1 is 1.37 bits per heavy atom. The minimum atomic E-state index is -1.12. The van der Waals surface area contributed by atoms with E-state index in [2.05, 4.69) is 14.9 Å². The van der Waals surface area contributed by atoms with Crippen LogP contribution in [-0.4, -0.2) is 41.2 Å². The Morgan fingerprint density at radius 2 is 2.19 bits per heavy atom. The Labute approximate surface area is 161 Å². The van der Waals surface area contributed by atoms with E-state index in [1.807, 2.05) is 6.07 Å². The molecule has 1 N–H and O–H groups in total. The van der Waals surface area contributed by atoms with E-state index in [0.717, 1.165) is 25.1 Å². The average Bonchev–Trinajstić information content (AvgIpc) is 3.28. The number of aromatic carboxylic acids is 1. The molecule has 0 unspecified atom stereocenters. The van der Waals surface area contributed by atoms with Crippen LogP contribution in [0.4, 0.5) is 5.95 Å². The van der Waals surface area contributed by atoms with Crippen LogP contribution in [0.15, 0.2) is 24.4 Å². The minimum absolute atomic E-state index is 0.0568. The number of carboxylic acid groups (broad SMARTS) is 1. The van der Waals surface area contributed by atoms with Crippen LogP contribution < -0.4 is 14.4 Å². The molecule has 0 radical (unpaired) electrons. The van der Waals surface area contributed by atoms with Gasteiger partial charge in [0.2, 0.25) is 11.8 Å². The Bertz CT molecular complexity index is 885. The molecule has 2 aliphatic rings. The van der Waals surface area contributed by atoms with Gasteiger partial charge in [0.1, 0.15) is 17.9 Å². The van der Waals surface area contributed by atoms with Gasteiger partial charge in [-0.05, 0) is 42.4 Å². The monoisotopic (exact) mass is 389 g/mol. The number of nitrogens with zero attached hydrogens (tertiary/aromatic N) is 3. The lowest BCUT2D eigenvalue weighted by Gasteiger charge is -2.17. The molecule has 1 aromatic heterocycles. The quantitative estimate of drug-likeness (QED) is 0.810. The third kappa shape index (κ3) is 3.64. The van der Waals surface area contributed by atoms with Crippen molar-refractivity contribution in [3.05, 3.63) is 40.5 Å². The molecule has 1 saturated carbocycles. The third-order valence-electron chi connectivity index (χ3n) is 5.24. The number of carboxylic acids is 1. The zero-order valence-electron chi connectivity index (χ0n) is 14.9. The summed E-state index contributed by atoms with van der Waals surface area (Å²) in [6.07, 6.45) is 4.95. The van der Waals surface area contributed by atoms with Crippen LogP contribution in [0.1, 0.15) is 35.2 Å². The predicted octanol–water partition coefficient (Wildman–Crippen LogP) is 3.41. The van der Waals surface area contributed by atoms with E-state index in [-0.39, 0.29) is 18.1 Å². The molecule has 1 aliphatic carbocycles. The Kier molecular flexibility index (Phi) is 4.55. The van der Waals surface area contributed by atoms with Crippen molar-refractivity contribution < 1.29 is 19.4 Å². The van der Waals surface area contributed by atoms with Gasteiger partial charge in [0.25, 0.3) is 0 Å². The first kappa shape index (κ1) is 17.9. The lowest BCUT2D eigenvalue weighted by atomic mass is 10.1. The molecule has 7 nitrogen and oxygen atoms in total. The van der Waals surface area contributed by atoms with Crippen molar-refractivity contribution in [2.75, 3.05) is 25.1 Å². The highest BCUT2D eigenvalue weighted by atomic mass is 35.5. The van der Waals surface area contributed by atoms with Gasteiger partial charge in [-0.1, -0.05) is 17.7 Å². The highest BCUT2D eigenvalue weighted by Crippen LogP contribution is 2.53. The second-order valence-electron chi connectivity index (χ2n) is 7.12. The molecule has 0 bridgehead atoms. The number of benzene rings is 1. The molecule has 1 aromatic carbocycles. The number of aromatic nitrogens is 2. The van der Waals surface area contributed by atoms with Gasteiger partial charge in [-0.2, -0.15) is 4.98 Å². The van der Waals surface area contributed by atoms with Crippen molar-refractivity contribution in [2.24, 2.45) is 5.41 Å². The standard InChI is InChI=1S/C19H20ClN3O4/c1-26-15-3-2-12(8-14(15)20)10-27-16-13(17(24)25)9-21-18(22-16)23-7-6-19(11-23)4-5-19/h2-3,8-9H,4-7,10-11H2,1H3,(H,24,25). The van der Waals surface area contributed by atoms with Crippen molar-refractivity contribution >= 4 is 23.5 Å². The Balaban J connectivity index is 1.53. The van der Waals surface area contributed by atoms with E-state index >= 15 is 0 Å². The van der Waals surface area contributed by atoms with Gasteiger partial charge in [-0.25, -0.2) is 9.78 Å². The summed E-state index contributed by atoms with van der Waals surface area (Å²) in [5.41, 5.74) is 1.16. The first-order valence-corrected chi connectivity index (χ1v) is 9.18. The largest absolute Gasteiger partial charge is 0.495 e. The fraction of sp³-hybridized carbons (Fsp3) is 0.421. The smallest absolute Gasteiger partial charge is 0.342 e. The normalized spacial score (nSPS) is 17.2. The second kappa shape index (κ2) is 6.88. The fourth-order valence-electron chi connectivity index (χ4n) is 3.41. The number of carbonyl (C=O) groups is 1. The number of methoxy groups -OCH3 is 1. The minimum Gasteiger partial charge on any atom is -0.495 e. The van der Waals surface area contributed by atoms with E-state index < -0.39 is 5.97 Å². The summed E-state index contributed by atoms with van der Waals surface area (Å²) in [5.74, 6) is 0.0335. The maximum atomic E-state index is 11.5. The van der Waals surface area contributed by atoms with E-state index in [1.54, 1.807) is 19.2 Å². The lowest BCUT2D eigenvalue weighted by molar-refractivity contribution is 0.0690. The van der Waals surface area contributed by atoms with Crippen molar-refractivity contribution in [1.82, 2.24) is 9.97 Å². The zero-order valence-corrected chi connectivity index (χ0v) is 15.7. The second-order valence-corrected chi connectivity index (χ2v) is 7.53. The molecule has 0 amide bonds. The van der Waals surface area contributed by atoms with Crippen LogP contribution >= 0.6 is 11.6 Å². The average molecular weight is 390 g/mol. The van der Waals surface area contributed by atoms with Gasteiger partial charge in [-0.15, -0.1) is 0 Å². The van der Waals surface area contributed by atoms with E-state index in [1.165, 1.54) is 19.0 Å². The maximum Gasteiger partial charge on any atom is 0.342 e. The van der Waals surface area contributed by atoms with Gasteiger partial charge in [0, 0.05) is 13.1 Å². The van der Waals surface area contributed by atoms with Crippen LogP contribution in [-0.2, 0) is 6.61 Å². The van der Waals surface area contributed by atoms with Crippen LogP contribution in [0.25, 0.3) is 0 Å². The number of rotatable bonds is 6. The number of halogens is 1.